The number of carbonyl (C=O) groups excluding carboxylic acids is 2. The number of anilines is 1. The zero-order chi connectivity index (χ0) is 18.4. The lowest BCUT2D eigenvalue weighted by molar-refractivity contribution is -0.123. The van der Waals surface area contributed by atoms with Gasteiger partial charge in [0.05, 0.1) is 21.9 Å². The van der Waals surface area contributed by atoms with Crippen LogP contribution in [0.3, 0.4) is 0 Å². The van der Waals surface area contributed by atoms with Crippen molar-refractivity contribution in [3.05, 3.63) is 28.8 Å². The molecule has 2 amide bonds. The monoisotopic (exact) mass is 384 g/mol. The van der Waals surface area contributed by atoms with E-state index < -0.39 is 21.3 Å². The molecule has 0 spiro atoms. The summed E-state index contributed by atoms with van der Waals surface area (Å²) < 4.78 is 25.7. The third-order valence-electron chi connectivity index (χ3n) is 4.64. The Morgan fingerprint density at radius 1 is 1.16 bits per heavy atom. The number of sulfonamides is 1. The molecule has 0 aliphatic carbocycles. The minimum Gasteiger partial charge on any atom is -0.339 e. The number of hydrogen-bond acceptors (Lipinski definition) is 4. The normalized spacial score (nSPS) is 22.3. The second-order valence-electron chi connectivity index (χ2n) is 7.23. The third-order valence-corrected chi connectivity index (χ3v) is 6.96. The van der Waals surface area contributed by atoms with Crippen LogP contribution < -0.4 is 4.31 Å². The van der Waals surface area contributed by atoms with Crippen molar-refractivity contribution in [1.29, 1.82) is 0 Å². The van der Waals surface area contributed by atoms with Crippen molar-refractivity contribution in [2.24, 2.45) is 5.41 Å². The van der Waals surface area contributed by atoms with Gasteiger partial charge in [0.1, 0.15) is 0 Å². The van der Waals surface area contributed by atoms with E-state index >= 15 is 0 Å². The molecule has 0 saturated carbocycles. The number of nitrogens with zero attached hydrogens (tertiary/aromatic N) is 2. The first kappa shape index (κ1) is 18.2. The maximum absolute atomic E-state index is 12.7. The van der Waals surface area contributed by atoms with E-state index in [9.17, 15) is 18.0 Å². The Morgan fingerprint density at radius 2 is 1.80 bits per heavy atom. The van der Waals surface area contributed by atoms with Crippen molar-refractivity contribution in [1.82, 2.24) is 4.90 Å². The van der Waals surface area contributed by atoms with Crippen LogP contribution in [0.2, 0.25) is 5.02 Å². The molecule has 0 unspecified atom stereocenters. The molecule has 2 heterocycles. The Bertz CT molecular complexity index is 829. The van der Waals surface area contributed by atoms with Gasteiger partial charge in [-0.2, -0.15) is 0 Å². The summed E-state index contributed by atoms with van der Waals surface area (Å²) >= 11 is 6.17. The summed E-state index contributed by atoms with van der Waals surface area (Å²) in [6.07, 6.45) is 3.02. The first-order valence-corrected chi connectivity index (χ1v) is 10.3. The number of rotatable bonds is 2. The molecule has 0 N–H and O–H groups in total. The summed E-state index contributed by atoms with van der Waals surface area (Å²) in [4.78, 5) is 27.0. The number of carbonyl (C=O) groups is 2. The lowest BCUT2D eigenvalue weighted by Gasteiger charge is -2.27. The Kier molecular flexibility index (Phi) is 4.58. The van der Waals surface area contributed by atoms with E-state index in [1.807, 2.05) is 0 Å². The fraction of sp³-hybridized carbons (Fsp3) is 0.529. The van der Waals surface area contributed by atoms with Gasteiger partial charge in [-0.05, 0) is 51.3 Å². The molecule has 1 aromatic carbocycles. The Hall–Kier alpha value is -1.60. The summed E-state index contributed by atoms with van der Waals surface area (Å²) in [7, 11) is -3.81. The highest BCUT2D eigenvalue weighted by Gasteiger charge is 2.50. The molecule has 0 aromatic heterocycles. The Labute approximate surface area is 152 Å². The van der Waals surface area contributed by atoms with Crippen LogP contribution in [0, 0.1) is 5.41 Å². The van der Waals surface area contributed by atoms with E-state index in [-0.39, 0.29) is 22.4 Å². The molecule has 3 rings (SSSR count). The number of piperidine rings is 1. The lowest BCUT2D eigenvalue weighted by Crippen LogP contribution is -2.36. The second kappa shape index (κ2) is 6.29. The third kappa shape index (κ3) is 3.27. The Morgan fingerprint density at radius 3 is 2.36 bits per heavy atom. The number of amides is 2. The van der Waals surface area contributed by atoms with E-state index in [4.69, 9.17) is 11.6 Å². The van der Waals surface area contributed by atoms with Gasteiger partial charge in [-0.15, -0.1) is 0 Å². The van der Waals surface area contributed by atoms with Crippen molar-refractivity contribution in [2.75, 3.05) is 23.1 Å². The van der Waals surface area contributed by atoms with Gasteiger partial charge in [0.15, 0.2) is 0 Å². The number of benzene rings is 1. The van der Waals surface area contributed by atoms with Crippen molar-refractivity contribution in [2.45, 2.75) is 33.1 Å². The van der Waals surface area contributed by atoms with Crippen molar-refractivity contribution in [3.63, 3.8) is 0 Å². The van der Waals surface area contributed by atoms with Crippen molar-refractivity contribution >= 4 is 39.1 Å². The minimum absolute atomic E-state index is 0.0556. The Balaban J connectivity index is 2.00. The summed E-state index contributed by atoms with van der Waals surface area (Å²) in [5.41, 5.74) is -0.621. The maximum atomic E-state index is 12.7. The smallest absolute Gasteiger partial charge is 0.253 e. The lowest BCUT2D eigenvalue weighted by atomic mass is 9.95. The van der Waals surface area contributed by atoms with Gasteiger partial charge in [-0.1, -0.05) is 11.6 Å². The quantitative estimate of drug-likeness (QED) is 0.785. The van der Waals surface area contributed by atoms with Crippen LogP contribution >= 0.6 is 11.6 Å². The molecule has 136 valence electrons. The highest BCUT2D eigenvalue weighted by Crippen LogP contribution is 2.39. The van der Waals surface area contributed by atoms with Crippen LogP contribution in [0.5, 0.6) is 0 Å². The second-order valence-corrected chi connectivity index (χ2v) is 9.45. The van der Waals surface area contributed by atoms with E-state index in [0.29, 0.717) is 18.7 Å². The van der Waals surface area contributed by atoms with Gasteiger partial charge < -0.3 is 4.90 Å². The van der Waals surface area contributed by atoms with Crippen molar-refractivity contribution < 1.29 is 18.0 Å². The average Bonchev–Trinajstić information content (AvgIpc) is 2.72. The van der Waals surface area contributed by atoms with Gasteiger partial charge in [0.25, 0.3) is 5.91 Å². The number of halogens is 1. The van der Waals surface area contributed by atoms with E-state index in [0.717, 1.165) is 23.6 Å². The van der Waals surface area contributed by atoms with Crippen LogP contribution in [-0.2, 0) is 14.8 Å². The van der Waals surface area contributed by atoms with Crippen LogP contribution in [0.15, 0.2) is 18.2 Å². The largest absolute Gasteiger partial charge is 0.339 e. The van der Waals surface area contributed by atoms with Crippen LogP contribution in [0.25, 0.3) is 0 Å². The molecule has 2 aliphatic heterocycles. The van der Waals surface area contributed by atoms with Gasteiger partial charge >= 0.3 is 0 Å². The summed E-state index contributed by atoms with van der Waals surface area (Å²) in [6.45, 7) is 4.54. The van der Waals surface area contributed by atoms with Crippen LogP contribution in [0.1, 0.15) is 43.5 Å². The van der Waals surface area contributed by atoms with Gasteiger partial charge in [0.2, 0.25) is 15.9 Å². The standard InChI is InChI=1S/C17H21ClN2O4S/c1-17(2)11-25(23,24)20(16(17)22)14-10-12(6-7-13(14)18)15(21)19-8-4-3-5-9-19/h6-7,10H,3-5,8-9,11H2,1-2H3. The van der Waals surface area contributed by atoms with Gasteiger partial charge in [-0.3, -0.25) is 9.59 Å². The van der Waals surface area contributed by atoms with Crippen LogP contribution in [0.4, 0.5) is 5.69 Å². The molecule has 0 radical (unpaired) electrons. The molecule has 2 fully saturated rings. The molecule has 8 heteroatoms. The highest BCUT2D eigenvalue weighted by atomic mass is 35.5. The van der Waals surface area contributed by atoms with E-state index in [2.05, 4.69) is 0 Å². The van der Waals surface area contributed by atoms with Gasteiger partial charge in [-0.25, -0.2) is 12.7 Å². The van der Waals surface area contributed by atoms with Crippen LogP contribution in [-0.4, -0.2) is 44.0 Å². The molecule has 2 aliphatic rings. The predicted molar refractivity (Wildman–Crippen MR) is 96.3 cm³/mol. The fourth-order valence-corrected chi connectivity index (χ4v) is 5.69. The minimum atomic E-state index is -3.81. The summed E-state index contributed by atoms with van der Waals surface area (Å²) in [6, 6.07) is 4.46. The van der Waals surface area contributed by atoms with E-state index in [1.54, 1.807) is 24.8 Å². The molecule has 6 nitrogen and oxygen atoms in total. The summed E-state index contributed by atoms with van der Waals surface area (Å²) in [5.74, 6) is -0.975. The maximum Gasteiger partial charge on any atom is 0.253 e. The van der Waals surface area contributed by atoms with E-state index in [1.165, 1.54) is 12.1 Å². The predicted octanol–water partition coefficient (Wildman–Crippen LogP) is 2.67. The zero-order valence-electron chi connectivity index (χ0n) is 14.3. The highest BCUT2D eigenvalue weighted by molar-refractivity contribution is 7.94. The fourth-order valence-electron chi connectivity index (χ4n) is 3.32. The van der Waals surface area contributed by atoms with Gasteiger partial charge in [0, 0.05) is 18.7 Å². The summed E-state index contributed by atoms with van der Waals surface area (Å²) in [5, 5.41) is 0.129. The zero-order valence-corrected chi connectivity index (χ0v) is 15.9. The molecule has 0 atom stereocenters. The first-order valence-electron chi connectivity index (χ1n) is 8.30. The molecule has 2 saturated heterocycles. The topological polar surface area (TPSA) is 74.8 Å². The SMILES string of the molecule is CC1(C)CS(=O)(=O)N(c2cc(C(=O)N3CCCCC3)ccc2Cl)C1=O. The molecule has 25 heavy (non-hydrogen) atoms. The number of likely N-dealkylation sites (tertiary alicyclic amines) is 1. The average molecular weight is 385 g/mol. The molecular weight excluding hydrogens is 364 g/mol. The molecule has 0 bridgehead atoms. The first-order chi connectivity index (χ1) is 11.6. The van der Waals surface area contributed by atoms with Crippen molar-refractivity contribution in [3.8, 4) is 0 Å². The molecular formula is C17H21ClN2O4S. The number of hydrogen-bond donors (Lipinski definition) is 0. The molecule has 1 aromatic rings.